The smallest absolute Gasteiger partial charge is 0.253 e. The van der Waals surface area contributed by atoms with Crippen molar-refractivity contribution in [1.82, 2.24) is 9.80 Å². The van der Waals surface area contributed by atoms with Crippen LogP contribution >= 0.6 is 0 Å². The molecule has 0 bridgehead atoms. The van der Waals surface area contributed by atoms with Crippen molar-refractivity contribution in [3.05, 3.63) is 35.4 Å². The second-order valence-corrected chi connectivity index (χ2v) is 4.94. The summed E-state index contributed by atoms with van der Waals surface area (Å²) in [5, 5.41) is 8.58. The Morgan fingerprint density at radius 3 is 2.40 bits per heavy atom. The van der Waals surface area contributed by atoms with Crippen LogP contribution in [0.5, 0.6) is 0 Å². The molecule has 5 nitrogen and oxygen atoms in total. The molecule has 0 atom stereocenters. The van der Waals surface area contributed by atoms with Crippen molar-refractivity contribution < 1.29 is 4.79 Å². The number of benzene rings is 1. The van der Waals surface area contributed by atoms with Crippen molar-refractivity contribution in [1.29, 1.82) is 5.26 Å². The van der Waals surface area contributed by atoms with E-state index in [-0.39, 0.29) is 5.91 Å². The summed E-state index contributed by atoms with van der Waals surface area (Å²) in [6, 6.07) is 9.63. The Bertz CT molecular complexity index is 484. The van der Waals surface area contributed by atoms with Gasteiger partial charge in [0.2, 0.25) is 0 Å². The van der Waals surface area contributed by atoms with Gasteiger partial charge in [0.15, 0.2) is 0 Å². The van der Waals surface area contributed by atoms with E-state index in [1.807, 2.05) is 29.2 Å². The fourth-order valence-corrected chi connectivity index (χ4v) is 2.35. The van der Waals surface area contributed by atoms with E-state index in [9.17, 15) is 4.79 Å². The number of piperazine rings is 1. The first-order valence-corrected chi connectivity index (χ1v) is 6.92. The molecule has 5 heteroatoms. The molecule has 1 fully saturated rings. The highest BCUT2D eigenvalue weighted by Gasteiger charge is 2.21. The summed E-state index contributed by atoms with van der Waals surface area (Å²) in [4.78, 5) is 16.4. The summed E-state index contributed by atoms with van der Waals surface area (Å²) in [5.74, 6) is 0.0773. The summed E-state index contributed by atoms with van der Waals surface area (Å²) in [6.07, 6.45) is 0.550. The fourth-order valence-electron chi connectivity index (χ4n) is 2.35. The lowest BCUT2D eigenvalue weighted by Crippen LogP contribution is -2.48. The standard InChI is InChI=1S/C15H20N4O/c16-6-1-7-18-8-10-19(11-9-18)15(20)14-4-2-13(12-17)3-5-14/h2-5H,1,7-12,17H2. The van der Waals surface area contributed by atoms with Crippen molar-refractivity contribution in [3.63, 3.8) is 0 Å². The third-order valence-electron chi connectivity index (χ3n) is 3.64. The molecule has 1 heterocycles. The molecule has 0 aliphatic carbocycles. The summed E-state index contributed by atoms with van der Waals surface area (Å²) in [7, 11) is 0. The minimum absolute atomic E-state index is 0.0773. The third-order valence-corrected chi connectivity index (χ3v) is 3.64. The number of carbonyl (C=O) groups excluding carboxylic acids is 1. The number of nitriles is 1. The van der Waals surface area contributed by atoms with Crippen LogP contribution in [0.3, 0.4) is 0 Å². The van der Waals surface area contributed by atoms with Crippen LogP contribution in [-0.4, -0.2) is 48.4 Å². The van der Waals surface area contributed by atoms with E-state index in [4.69, 9.17) is 11.0 Å². The van der Waals surface area contributed by atoms with Crippen LogP contribution in [-0.2, 0) is 6.54 Å². The van der Waals surface area contributed by atoms with Crippen molar-refractivity contribution >= 4 is 5.91 Å². The number of carbonyl (C=O) groups is 1. The molecule has 106 valence electrons. The molecule has 1 aromatic rings. The molecule has 0 saturated carbocycles. The lowest BCUT2D eigenvalue weighted by Gasteiger charge is -2.34. The molecule has 0 spiro atoms. The van der Waals surface area contributed by atoms with Gasteiger partial charge in [0.05, 0.1) is 6.07 Å². The third kappa shape index (κ3) is 3.56. The van der Waals surface area contributed by atoms with Gasteiger partial charge in [0, 0.05) is 51.3 Å². The van der Waals surface area contributed by atoms with Gasteiger partial charge in [0.25, 0.3) is 5.91 Å². The van der Waals surface area contributed by atoms with Crippen molar-refractivity contribution in [3.8, 4) is 6.07 Å². The number of nitrogens with two attached hydrogens (primary N) is 1. The van der Waals surface area contributed by atoms with E-state index >= 15 is 0 Å². The Hall–Kier alpha value is -1.90. The molecule has 1 saturated heterocycles. The van der Waals surface area contributed by atoms with Crippen LogP contribution in [0.1, 0.15) is 22.3 Å². The van der Waals surface area contributed by atoms with E-state index in [1.165, 1.54) is 0 Å². The van der Waals surface area contributed by atoms with Gasteiger partial charge in [-0.1, -0.05) is 12.1 Å². The SMILES string of the molecule is N#CCCN1CCN(C(=O)c2ccc(CN)cc2)CC1. The van der Waals surface area contributed by atoms with Gasteiger partial charge < -0.3 is 10.6 Å². The highest BCUT2D eigenvalue weighted by Crippen LogP contribution is 2.10. The Morgan fingerprint density at radius 1 is 1.20 bits per heavy atom. The predicted molar refractivity (Wildman–Crippen MR) is 76.9 cm³/mol. The molecule has 2 rings (SSSR count). The number of amides is 1. The van der Waals surface area contributed by atoms with Gasteiger partial charge in [0.1, 0.15) is 0 Å². The Balaban J connectivity index is 1.89. The zero-order valence-corrected chi connectivity index (χ0v) is 11.6. The quantitative estimate of drug-likeness (QED) is 0.880. The van der Waals surface area contributed by atoms with Crippen LogP contribution in [0.4, 0.5) is 0 Å². The first-order chi connectivity index (χ1) is 9.74. The maximum Gasteiger partial charge on any atom is 0.253 e. The van der Waals surface area contributed by atoms with Crippen LogP contribution < -0.4 is 5.73 Å². The van der Waals surface area contributed by atoms with E-state index in [0.29, 0.717) is 18.5 Å². The van der Waals surface area contributed by atoms with Crippen LogP contribution in [0.2, 0.25) is 0 Å². The number of hydrogen-bond acceptors (Lipinski definition) is 4. The maximum atomic E-state index is 12.3. The van der Waals surface area contributed by atoms with E-state index in [0.717, 1.165) is 38.3 Å². The second-order valence-electron chi connectivity index (χ2n) is 4.94. The van der Waals surface area contributed by atoms with Crippen molar-refractivity contribution in [2.45, 2.75) is 13.0 Å². The molecular weight excluding hydrogens is 252 g/mol. The van der Waals surface area contributed by atoms with Crippen LogP contribution in [0, 0.1) is 11.3 Å². The van der Waals surface area contributed by atoms with Crippen LogP contribution in [0.15, 0.2) is 24.3 Å². The molecule has 0 aromatic heterocycles. The molecule has 0 unspecified atom stereocenters. The zero-order valence-electron chi connectivity index (χ0n) is 11.6. The Labute approximate surface area is 119 Å². The highest BCUT2D eigenvalue weighted by molar-refractivity contribution is 5.94. The number of nitrogens with zero attached hydrogens (tertiary/aromatic N) is 3. The summed E-state index contributed by atoms with van der Waals surface area (Å²) >= 11 is 0. The molecule has 1 amide bonds. The molecule has 20 heavy (non-hydrogen) atoms. The summed E-state index contributed by atoms with van der Waals surface area (Å²) < 4.78 is 0. The van der Waals surface area contributed by atoms with E-state index in [1.54, 1.807) is 0 Å². The van der Waals surface area contributed by atoms with Crippen LogP contribution in [0.25, 0.3) is 0 Å². The van der Waals surface area contributed by atoms with E-state index < -0.39 is 0 Å². The van der Waals surface area contributed by atoms with Gasteiger partial charge in [-0.15, -0.1) is 0 Å². The largest absolute Gasteiger partial charge is 0.336 e. The maximum absolute atomic E-state index is 12.3. The monoisotopic (exact) mass is 272 g/mol. The second kappa shape index (κ2) is 7.04. The molecule has 1 aromatic carbocycles. The number of hydrogen-bond donors (Lipinski definition) is 1. The molecule has 2 N–H and O–H groups in total. The molecule has 1 aliphatic rings. The van der Waals surface area contributed by atoms with Crippen molar-refractivity contribution in [2.24, 2.45) is 5.73 Å². The van der Waals surface area contributed by atoms with E-state index in [2.05, 4.69) is 11.0 Å². The van der Waals surface area contributed by atoms with Gasteiger partial charge in [-0.3, -0.25) is 9.69 Å². The number of rotatable bonds is 4. The zero-order chi connectivity index (χ0) is 14.4. The Kier molecular flexibility index (Phi) is 5.10. The predicted octanol–water partition coefficient (Wildman–Crippen LogP) is 0.817. The highest BCUT2D eigenvalue weighted by atomic mass is 16.2. The van der Waals surface area contributed by atoms with Gasteiger partial charge in [-0.05, 0) is 17.7 Å². The average molecular weight is 272 g/mol. The van der Waals surface area contributed by atoms with Gasteiger partial charge in [-0.25, -0.2) is 0 Å². The summed E-state index contributed by atoms with van der Waals surface area (Å²) in [5.41, 5.74) is 7.30. The minimum atomic E-state index is 0.0773. The lowest BCUT2D eigenvalue weighted by atomic mass is 10.1. The molecule has 1 aliphatic heterocycles. The summed E-state index contributed by atoms with van der Waals surface area (Å²) in [6.45, 7) is 4.42. The van der Waals surface area contributed by atoms with Crippen molar-refractivity contribution in [2.75, 3.05) is 32.7 Å². The Morgan fingerprint density at radius 2 is 1.85 bits per heavy atom. The van der Waals surface area contributed by atoms with Gasteiger partial charge in [-0.2, -0.15) is 5.26 Å². The fraction of sp³-hybridized carbons (Fsp3) is 0.467. The first-order valence-electron chi connectivity index (χ1n) is 6.92. The lowest BCUT2D eigenvalue weighted by molar-refractivity contribution is 0.0639. The average Bonchev–Trinajstić information content (AvgIpc) is 2.53. The first kappa shape index (κ1) is 14.5. The minimum Gasteiger partial charge on any atom is -0.336 e. The topological polar surface area (TPSA) is 73.4 Å². The molecule has 0 radical (unpaired) electrons. The molecular formula is C15H20N4O. The van der Waals surface area contributed by atoms with Gasteiger partial charge >= 0.3 is 0 Å². The normalized spacial score (nSPS) is 15.9.